The first-order valence-corrected chi connectivity index (χ1v) is 4.08. The molecule has 2 rings (SSSR count). The predicted octanol–water partition coefficient (Wildman–Crippen LogP) is 1.27. The minimum atomic E-state index is 0.206. The van der Waals surface area contributed by atoms with E-state index in [-0.39, 0.29) is 5.88 Å². The van der Waals surface area contributed by atoms with Crippen LogP contribution in [0.2, 0.25) is 0 Å². The third kappa shape index (κ3) is 1.65. The molecule has 0 aliphatic carbocycles. The van der Waals surface area contributed by atoms with Crippen molar-refractivity contribution in [1.82, 2.24) is 20.1 Å². The van der Waals surface area contributed by atoms with E-state index in [2.05, 4.69) is 20.1 Å². The molecule has 0 aromatic carbocycles. The average Bonchev–Trinajstić information content (AvgIpc) is 2.67. The van der Waals surface area contributed by atoms with Crippen molar-refractivity contribution < 1.29 is 4.52 Å². The Hall–Kier alpha value is -1.49. The minimum Gasteiger partial charge on any atom is -0.338 e. The summed E-state index contributed by atoms with van der Waals surface area (Å²) in [5, 5.41) is 3.70. The Morgan fingerprint density at radius 2 is 2.38 bits per heavy atom. The van der Waals surface area contributed by atoms with Crippen molar-refractivity contribution in [2.75, 3.05) is 0 Å². The maximum absolute atomic E-state index is 5.50. The largest absolute Gasteiger partial charge is 0.338 e. The summed E-state index contributed by atoms with van der Waals surface area (Å²) in [4.78, 5) is 11.7. The van der Waals surface area contributed by atoms with Gasteiger partial charge in [0, 0.05) is 6.20 Å². The van der Waals surface area contributed by atoms with E-state index in [0.29, 0.717) is 17.4 Å². The molecule has 0 amide bonds. The zero-order valence-electron chi connectivity index (χ0n) is 6.51. The van der Waals surface area contributed by atoms with Gasteiger partial charge in [-0.3, -0.25) is 0 Å². The third-order valence-electron chi connectivity index (χ3n) is 1.39. The smallest absolute Gasteiger partial charge is 0.241 e. The first-order chi connectivity index (χ1) is 6.40. The van der Waals surface area contributed by atoms with Gasteiger partial charge in [-0.2, -0.15) is 4.98 Å². The second kappa shape index (κ2) is 3.49. The zero-order chi connectivity index (χ0) is 9.10. The second-order valence-electron chi connectivity index (χ2n) is 2.24. The lowest BCUT2D eigenvalue weighted by molar-refractivity contribution is 0.391. The van der Waals surface area contributed by atoms with Crippen LogP contribution < -0.4 is 0 Å². The Morgan fingerprint density at radius 1 is 1.46 bits per heavy atom. The lowest BCUT2D eigenvalue weighted by atomic mass is 10.4. The van der Waals surface area contributed by atoms with Crippen LogP contribution >= 0.6 is 11.6 Å². The number of rotatable bonds is 2. The molecule has 0 unspecified atom stereocenters. The summed E-state index contributed by atoms with van der Waals surface area (Å²) >= 11 is 5.50. The Morgan fingerprint density at radius 3 is 3.00 bits per heavy atom. The maximum atomic E-state index is 5.50. The summed E-state index contributed by atoms with van der Waals surface area (Å²) in [6.45, 7) is 0. The van der Waals surface area contributed by atoms with Gasteiger partial charge in [-0.15, -0.1) is 11.6 Å². The highest BCUT2D eigenvalue weighted by Crippen LogP contribution is 2.11. The van der Waals surface area contributed by atoms with E-state index >= 15 is 0 Å². The molecular formula is C7H5ClN4O. The normalized spacial score (nSPS) is 10.2. The van der Waals surface area contributed by atoms with Crippen molar-refractivity contribution in [3.8, 4) is 11.5 Å². The van der Waals surface area contributed by atoms with Crippen molar-refractivity contribution >= 4 is 11.6 Å². The molecule has 0 aliphatic rings. The van der Waals surface area contributed by atoms with Crippen LogP contribution in [0.15, 0.2) is 23.1 Å². The molecule has 0 saturated heterocycles. The van der Waals surface area contributed by atoms with Crippen LogP contribution in [0.5, 0.6) is 0 Å². The van der Waals surface area contributed by atoms with Crippen LogP contribution in [-0.4, -0.2) is 20.1 Å². The number of alkyl halides is 1. The summed E-state index contributed by atoms with van der Waals surface area (Å²) in [6.07, 6.45) is 3.03. The molecule has 6 heteroatoms. The van der Waals surface area contributed by atoms with Gasteiger partial charge in [0.1, 0.15) is 17.9 Å². The number of hydrogen-bond donors (Lipinski definition) is 0. The highest BCUT2D eigenvalue weighted by atomic mass is 35.5. The summed E-state index contributed by atoms with van der Waals surface area (Å²) in [6, 6.07) is 1.70. The molecule has 2 aromatic heterocycles. The van der Waals surface area contributed by atoms with Gasteiger partial charge in [0.15, 0.2) is 0 Å². The quantitative estimate of drug-likeness (QED) is 0.677. The van der Waals surface area contributed by atoms with Gasteiger partial charge in [-0.1, -0.05) is 5.16 Å². The molecule has 13 heavy (non-hydrogen) atoms. The first kappa shape index (κ1) is 8.12. The van der Waals surface area contributed by atoms with E-state index in [4.69, 9.17) is 16.1 Å². The number of aromatic nitrogens is 4. The number of hydrogen-bond acceptors (Lipinski definition) is 5. The van der Waals surface area contributed by atoms with Gasteiger partial charge >= 0.3 is 0 Å². The van der Waals surface area contributed by atoms with Gasteiger partial charge in [0.2, 0.25) is 11.7 Å². The Balaban J connectivity index is 2.36. The number of halogens is 1. The molecule has 0 atom stereocenters. The van der Waals surface area contributed by atoms with E-state index in [1.165, 1.54) is 6.33 Å². The summed E-state index contributed by atoms with van der Waals surface area (Å²) < 4.78 is 4.81. The van der Waals surface area contributed by atoms with Gasteiger partial charge < -0.3 is 4.52 Å². The van der Waals surface area contributed by atoms with Crippen molar-refractivity contribution in [3.05, 3.63) is 24.5 Å². The summed E-state index contributed by atoms with van der Waals surface area (Å²) in [5.41, 5.74) is 0.620. The molecule has 2 aromatic rings. The van der Waals surface area contributed by atoms with E-state index in [1.807, 2.05) is 0 Å². The summed E-state index contributed by atoms with van der Waals surface area (Å²) in [7, 11) is 0. The highest BCUT2D eigenvalue weighted by molar-refractivity contribution is 6.16. The van der Waals surface area contributed by atoms with Crippen molar-refractivity contribution in [3.63, 3.8) is 0 Å². The molecule has 0 bridgehead atoms. The molecule has 66 valence electrons. The molecule has 0 spiro atoms. The minimum absolute atomic E-state index is 0.206. The molecule has 0 N–H and O–H groups in total. The van der Waals surface area contributed by atoms with Crippen LogP contribution in [0.3, 0.4) is 0 Å². The monoisotopic (exact) mass is 196 g/mol. The molecule has 0 radical (unpaired) electrons. The lowest BCUT2D eigenvalue weighted by Crippen LogP contribution is -1.85. The fourth-order valence-electron chi connectivity index (χ4n) is 0.836. The molecule has 0 aliphatic heterocycles. The van der Waals surface area contributed by atoms with Gasteiger partial charge in [0.25, 0.3) is 0 Å². The molecule has 0 saturated carbocycles. The summed E-state index contributed by atoms with van der Waals surface area (Å²) in [5.74, 6) is 1.02. The Bertz CT molecular complexity index is 388. The topological polar surface area (TPSA) is 64.7 Å². The maximum Gasteiger partial charge on any atom is 0.241 e. The predicted molar refractivity (Wildman–Crippen MR) is 44.9 cm³/mol. The molecule has 0 fully saturated rings. The van der Waals surface area contributed by atoms with Crippen LogP contribution in [0.25, 0.3) is 11.5 Å². The first-order valence-electron chi connectivity index (χ1n) is 3.55. The molecule has 5 nitrogen and oxygen atoms in total. The van der Waals surface area contributed by atoms with E-state index < -0.39 is 0 Å². The van der Waals surface area contributed by atoms with Crippen molar-refractivity contribution in [2.45, 2.75) is 5.88 Å². The second-order valence-corrected chi connectivity index (χ2v) is 2.51. The van der Waals surface area contributed by atoms with Gasteiger partial charge in [-0.25, -0.2) is 9.97 Å². The van der Waals surface area contributed by atoms with Crippen LogP contribution in [0.1, 0.15) is 5.89 Å². The SMILES string of the molecule is ClCc1nc(-c2ccncn2)no1. The van der Waals surface area contributed by atoms with E-state index in [0.717, 1.165) is 0 Å². The highest BCUT2D eigenvalue weighted by Gasteiger charge is 2.07. The zero-order valence-corrected chi connectivity index (χ0v) is 7.27. The van der Waals surface area contributed by atoms with Crippen LogP contribution in [-0.2, 0) is 5.88 Å². The van der Waals surface area contributed by atoms with Gasteiger partial charge in [-0.05, 0) is 6.07 Å². The lowest BCUT2D eigenvalue weighted by Gasteiger charge is -1.88. The van der Waals surface area contributed by atoms with Gasteiger partial charge in [0.05, 0.1) is 0 Å². The van der Waals surface area contributed by atoms with E-state index in [1.54, 1.807) is 12.3 Å². The number of nitrogens with zero attached hydrogens (tertiary/aromatic N) is 4. The average molecular weight is 197 g/mol. The standard InChI is InChI=1S/C7H5ClN4O/c8-3-6-11-7(12-13-6)5-1-2-9-4-10-5/h1-2,4H,3H2. The van der Waals surface area contributed by atoms with Crippen LogP contribution in [0.4, 0.5) is 0 Å². The van der Waals surface area contributed by atoms with Crippen LogP contribution in [0, 0.1) is 0 Å². The molecular weight excluding hydrogens is 192 g/mol. The molecule has 2 heterocycles. The van der Waals surface area contributed by atoms with Crippen molar-refractivity contribution in [2.24, 2.45) is 0 Å². The van der Waals surface area contributed by atoms with E-state index in [9.17, 15) is 0 Å². The fourth-order valence-corrected chi connectivity index (χ4v) is 0.945. The van der Waals surface area contributed by atoms with Crippen molar-refractivity contribution in [1.29, 1.82) is 0 Å². The Labute approximate surface area is 78.8 Å². The Kier molecular flexibility index (Phi) is 2.18. The third-order valence-corrected chi connectivity index (χ3v) is 1.62. The fraction of sp³-hybridized carbons (Fsp3) is 0.143.